The van der Waals surface area contributed by atoms with Crippen molar-refractivity contribution in [3.63, 3.8) is 0 Å². The summed E-state index contributed by atoms with van der Waals surface area (Å²) in [6.45, 7) is 2.30. The van der Waals surface area contributed by atoms with E-state index in [1.54, 1.807) is 6.92 Å². The summed E-state index contributed by atoms with van der Waals surface area (Å²) in [4.78, 5) is 12.6. The van der Waals surface area contributed by atoms with Gasteiger partial charge in [0.15, 0.2) is 0 Å². The molecule has 0 spiro atoms. The van der Waals surface area contributed by atoms with Gasteiger partial charge in [0.25, 0.3) is 0 Å². The van der Waals surface area contributed by atoms with Crippen molar-refractivity contribution in [2.24, 2.45) is 5.92 Å². The molecule has 0 saturated carbocycles. The van der Waals surface area contributed by atoms with Crippen LogP contribution in [0.15, 0.2) is 18.2 Å². The van der Waals surface area contributed by atoms with Crippen molar-refractivity contribution >= 4 is 21.6 Å². The Morgan fingerprint density at radius 1 is 1.24 bits per heavy atom. The van der Waals surface area contributed by atoms with E-state index in [1.807, 2.05) is 0 Å². The number of anilines is 1. The minimum atomic E-state index is -4.57. The number of nitrogens with zero attached hydrogens (tertiary/aromatic N) is 1. The van der Waals surface area contributed by atoms with Gasteiger partial charge in [0.1, 0.15) is 12.4 Å². The van der Waals surface area contributed by atoms with E-state index in [-0.39, 0.29) is 43.5 Å². The Morgan fingerprint density at radius 2 is 1.90 bits per heavy atom. The quantitative estimate of drug-likeness (QED) is 0.631. The Hall–Kier alpha value is -1.85. The van der Waals surface area contributed by atoms with Crippen LogP contribution in [0.25, 0.3) is 0 Å². The van der Waals surface area contributed by atoms with Crippen LogP contribution in [0.5, 0.6) is 5.75 Å². The number of halogens is 3. The number of hydrogen-bond donors (Lipinski definition) is 1. The number of carbonyl (C=O) groups excluding carboxylic acids is 1. The Labute approximate surface area is 168 Å². The molecule has 29 heavy (non-hydrogen) atoms. The summed E-state index contributed by atoms with van der Waals surface area (Å²) >= 11 is 0. The SMILES string of the molecule is CCS(=O)(=O)N1CCC(C(=O)Nc2cc(C(F)(F)F)ccc2OCCOC)CC1. The summed E-state index contributed by atoms with van der Waals surface area (Å²) < 4.78 is 74.6. The summed E-state index contributed by atoms with van der Waals surface area (Å²) in [5.74, 6) is -0.875. The normalized spacial score (nSPS) is 16.6. The van der Waals surface area contributed by atoms with Crippen LogP contribution in [-0.4, -0.2) is 57.8 Å². The van der Waals surface area contributed by atoms with Crippen LogP contribution >= 0.6 is 0 Å². The van der Waals surface area contributed by atoms with Crippen molar-refractivity contribution in [2.45, 2.75) is 25.9 Å². The van der Waals surface area contributed by atoms with Gasteiger partial charge >= 0.3 is 6.18 Å². The average Bonchev–Trinajstić information content (AvgIpc) is 2.68. The fraction of sp³-hybridized carbons (Fsp3) is 0.611. The predicted octanol–water partition coefficient (Wildman–Crippen LogP) is 2.73. The highest BCUT2D eigenvalue weighted by molar-refractivity contribution is 7.89. The highest BCUT2D eigenvalue weighted by Gasteiger charge is 2.33. The molecule has 0 bridgehead atoms. The van der Waals surface area contributed by atoms with Crippen LogP contribution in [0, 0.1) is 5.92 Å². The maximum Gasteiger partial charge on any atom is 0.416 e. The van der Waals surface area contributed by atoms with Gasteiger partial charge in [0.05, 0.1) is 23.6 Å². The van der Waals surface area contributed by atoms with E-state index in [2.05, 4.69) is 5.32 Å². The molecule has 0 atom stereocenters. The monoisotopic (exact) mass is 438 g/mol. The topological polar surface area (TPSA) is 84.9 Å². The zero-order chi connectivity index (χ0) is 21.7. The van der Waals surface area contributed by atoms with E-state index in [0.717, 1.165) is 18.2 Å². The molecule has 0 radical (unpaired) electrons. The van der Waals surface area contributed by atoms with Crippen LogP contribution in [-0.2, 0) is 25.7 Å². The van der Waals surface area contributed by atoms with E-state index >= 15 is 0 Å². The Morgan fingerprint density at radius 3 is 2.45 bits per heavy atom. The molecule has 0 aromatic heterocycles. The minimum absolute atomic E-state index is 0.0176. The van der Waals surface area contributed by atoms with Crippen LogP contribution in [0.2, 0.25) is 0 Å². The Balaban J connectivity index is 2.11. The molecule has 1 aliphatic rings. The molecular weight excluding hydrogens is 413 g/mol. The lowest BCUT2D eigenvalue weighted by molar-refractivity contribution is -0.137. The maximum absolute atomic E-state index is 13.1. The summed E-state index contributed by atoms with van der Waals surface area (Å²) in [6.07, 6.45) is -3.97. The molecule has 7 nitrogen and oxygen atoms in total. The maximum atomic E-state index is 13.1. The number of alkyl halides is 3. The van der Waals surface area contributed by atoms with Crippen LogP contribution < -0.4 is 10.1 Å². The zero-order valence-corrected chi connectivity index (χ0v) is 17.1. The second-order valence-corrected chi connectivity index (χ2v) is 8.87. The first kappa shape index (κ1) is 23.4. The standard InChI is InChI=1S/C18H25F3N2O5S/c1-3-29(25,26)23-8-6-13(7-9-23)17(24)22-15-12-14(18(19,20)21)4-5-16(15)28-11-10-27-2/h4-5,12-13H,3,6-11H2,1-2H3,(H,22,24). The van der Waals surface area contributed by atoms with Crippen LogP contribution in [0.4, 0.5) is 18.9 Å². The Kier molecular flexibility index (Phi) is 7.89. The molecule has 1 saturated heterocycles. The lowest BCUT2D eigenvalue weighted by atomic mass is 9.97. The number of amides is 1. The molecule has 1 aromatic rings. The molecule has 164 valence electrons. The van der Waals surface area contributed by atoms with Gasteiger partial charge in [0.2, 0.25) is 15.9 Å². The third-order valence-corrected chi connectivity index (χ3v) is 6.57. The third kappa shape index (κ3) is 6.31. The van der Waals surface area contributed by atoms with Crippen molar-refractivity contribution in [3.05, 3.63) is 23.8 Å². The van der Waals surface area contributed by atoms with Crippen molar-refractivity contribution in [3.8, 4) is 5.75 Å². The minimum Gasteiger partial charge on any atom is -0.489 e. The number of ether oxygens (including phenoxy) is 2. The molecule has 1 aromatic carbocycles. The van der Waals surface area contributed by atoms with Crippen molar-refractivity contribution in [1.29, 1.82) is 0 Å². The van der Waals surface area contributed by atoms with E-state index in [4.69, 9.17) is 9.47 Å². The number of sulfonamides is 1. The van der Waals surface area contributed by atoms with Crippen LogP contribution in [0.1, 0.15) is 25.3 Å². The fourth-order valence-corrected chi connectivity index (χ4v) is 4.11. The summed E-state index contributed by atoms with van der Waals surface area (Å²) in [5.41, 5.74) is -0.986. The molecule has 1 aliphatic heterocycles. The van der Waals surface area contributed by atoms with Gasteiger partial charge in [-0.1, -0.05) is 0 Å². The number of nitrogens with one attached hydrogen (secondary N) is 1. The number of piperidine rings is 1. The number of methoxy groups -OCH3 is 1. The van der Waals surface area contributed by atoms with Crippen molar-refractivity contribution in [1.82, 2.24) is 4.31 Å². The smallest absolute Gasteiger partial charge is 0.416 e. The number of carbonyl (C=O) groups is 1. The molecule has 1 fully saturated rings. The van der Waals surface area contributed by atoms with Gasteiger partial charge < -0.3 is 14.8 Å². The lowest BCUT2D eigenvalue weighted by Crippen LogP contribution is -2.42. The van der Waals surface area contributed by atoms with E-state index in [0.29, 0.717) is 12.8 Å². The summed E-state index contributed by atoms with van der Waals surface area (Å²) in [7, 11) is -1.86. The van der Waals surface area contributed by atoms with Gasteiger partial charge in [0, 0.05) is 26.1 Å². The van der Waals surface area contributed by atoms with E-state index in [9.17, 15) is 26.4 Å². The third-order valence-electron chi connectivity index (χ3n) is 4.69. The fourth-order valence-electron chi connectivity index (χ4n) is 2.98. The molecule has 1 heterocycles. The highest BCUT2D eigenvalue weighted by Crippen LogP contribution is 2.35. The second-order valence-electron chi connectivity index (χ2n) is 6.61. The molecule has 0 aliphatic carbocycles. The largest absolute Gasteiger partial charge is 0.489 e. The predicted molar refractivity (Wildman–Crippen MR) is 101 cm³/mol. The van der Waals surface area contributed by atoms with Crippen molar-refractivity contribution < 1.29 is 35.9 Å². The average molecular weight is 438 g/mol. The number of benzene rings is 1. The lowest BCUT2D eigenvalue weighted by Gasteiger charge is -2.30. The Bertz CT molecular complexity index is 806. The van der Waals surface area contributed by atoms with Gasteiger partial charge in [-0.25, -0.2) is 12.7 Å². The van der Waals surface area contributed by atoms with Gasteiger partial charge in [-0.3, -0.25) is 4.79 Å². The molecule has 1 amide bonds. The van der Waals surface area contributed by atoms with E-state index in [1.165, 1.54) is 11.4 Å². The highest BCUT2D eigenvalue weighted by atomic mass is 32.2. The first-order chi connectivity index (χ1) is 13.6. The van der Waals surface area contributed by atoms with Crippen molar-refractivity contribution in [2.75, 3.05) is 44.5 Å². The van der Waals surface area contributed by atoms with E-state index < -0.39 is 33.6 Å². The first-order valence-electron chi connectivity index (χ1n) is 9.20. The molecule has 2 rings (SSSR count). The van der Waals surface area contributed by atoms with Gasteiger partial charge in [-0.2, -0.15) is 13.2 Å². The zero-order valence-electron chi connectivity index (χ0n) is 16.3. The summed E-state index contributed by atoms with van der Waals surface area (Å²) in [6, 6.07) is 2.87. The second kappa shape index (κ2) is 9.77. The molecule has 11 heteroatoms. The summed E-state index contributed by atoms with van der Waals surface area (Å²) in [5, 5.41) is 2.51. The number of hydrogen-bond acceptors (Lipinski definition) is 5. The molecule has 0 unspecified atom stereocenters. The first-order valence-corrected chi connectivity index (χ1v) is 10.8. The molecule has 1 N–H and O–H groups in total. The number of rotatable bonds is 8. The van der Waals surface area contributed by atoms with Gasteiger partial charge in [-0.15, -0.1) is 0 Å². The molecular formula is C18H25F3N2O5S. The van der Waals surface area contributed by atoms with Crippen LogP contribution in [0.3, 0.4) is 0 Å². The van der Waals surface area contributed by atoms with Gasteiger partial charge in [-0.05, 0) is 38.0 Å².